The Labute approximate surface area is 163 Å². The minimum atomic E-state index is -0.0468. The molecule has 2 aliphatic heterocycles. The zero-order valence-electron chi connectivity index (χ0n) is 14.6. The lowest BCUT2D eigenvalue weighted by Crippen LogP contribution is -2.45. The fraction of sp³-hybridized carbons (Fsp3) is 0.556. The van der Waals surface area contributed by atoms with Gasteiger partial charge in [0.2, 0.25) is 5.91 Å². The van der Waals surface area contributed by atoms with Crippen LogP contribution in [0.25, 0.3) is 11.0 Å². The van der Waals surface area contributed by atoms with Crippen molar-refractivity contribution in [2.24, 2.45) is 0 Å². The summed E-state index contributed by atoms with van der Waals surface area (Å²) in [4.78, 5) is 29.8. The van der Waals surface area contributed by atoms with E-state index in [1.54, 1.807) is 0 Å². The molecular formula is C18H25ClN4O2S. The van der Waals surface area contributed by atoms with E-state index in [0.717, 1.165) is 55.0 Å². The van der Waals surface area contributed by atoms with Crippen LogP contribution in [0.3, 0.4) is 0 Å². The largest absolute Gasteiger partial charge is 0.342 e. The zero-order chi connectivity index (χ0) is 17.2. The molecule has 2 fully saturated rings. The number of hydrogen-bond donors (Lipinski definition) is 2. The van der Waals surface area contributed by atoms with Gasteiger partial charge in [-0.25, -0.2) is 4.79 Å². The summed E-state index contributed by atoms with van der Waals surface area (Å²) in [5.74, 6) is 2.40. The third-order valence-electron chi connectivity index (χ3n) is 5.23. The minimum absolute atomic E-state index is 0. The number of aromatic amines is 1. The molecule has 0 radical (unpaired) electrons. The third-order valence-corrected chi connectivity index (χ3v) is 6.36. The van der Waals surface area contributed by atoms with Crippen LogP contribution < -0.4 is 11.0 Å². The fourth-order valence-electron chi connectivity index (χ4n) is 3.90. The third kappa shape index (κ3) is 3.94. The number of halogens is 1. The topological polar surface area (TPSA) is 70.1 Å². The van der Waals surface area contributed by atoms with Crippen LogP contribution in [-0.2, 0) is 4.79 Å². The van der Waals surface area contributed by atoms with Gasteiger partial charge >= 0.3 is 5.69 Å². The number of nitrogens with zero attached hydrogens (tertiary/aromatic N) is 2. The molecule has 6 nitrogen and oxygen atoms in total. The summed E-state index contributed by atoms with van der Waals surface area (Å²) >= 11 is 1.92. The van der Waals surface area contributed by atoms with Crippen LogP contribution in [0.4, 0.5) is 0 Å². The van der Waals surface area contributed by atoms with Crippen molar-refractivity contribution in [1.29, 1.82) is 0 Å². The number of fused-ring (bicyclic) bond motifs is 1. The summed E-state index contributed by atoms with van der Waals surface area (Å²) < 4.78 is 1.87. The highest BCUT2D eigenvalue weighted by molar-refractivity contribution is 7.99. The summed E-state index contributed by atoms with van der Waals surface area (Å²) in [7, 11) is 0. The number of piperidine rings is 1. The quantitative estimate of drug-likeness (QED) is 0.832. The number of benzene rings is 1. The summed E-state index contributed by atoms with van der Waals surface area (Å²) in [5, 5.41) is 3.43. The molecular weight excluding hydrogens is 372 g/mol. The van der Waals surface area contributed by atoms with E-state index < -0.39 is 0 Å². The van der Waals surface area contributed by atoms with Gasteiger partial charge in [0, 0.05) is 49.6 Å². The molecule has 2 N–H and O–H groups in total. The summed E-state index contributed by atoms with van der Waals surface area (Å²) in [6, 6.07) is 8.27. The van der Waals surface area contributed by atoms with Crippen molar-refractivity contribution in [3.63, 3.8) is 0 Å². The fourth-order valence-corrected chi connectivity index (χ4v) is 4.85. The van der Waals surface area contributed by atoms with Gasteiger partial charge in [0.15, 0.2) is 0 Å². The molecule has 1 unspecified atom stereocenters. The van der Waals surface area contributed by atoms with E-state index in [2.05, 4.69) is 10.3 Å². The Morgan fingerprint density at radius 2 is 2.00 bits per heavy atom. The Kier molecular flexibility index (Phi) is 6.32. The number of carbonyl (C=O) groups excluding carboxylic acids is 1. The summed E-state index contributed by atoms with van der Waals surface area (Å²) in [6.07, 6.45) is 2.26. The lowest BCUT2D eigenvalue weighted by Gasteiger charge is -2.34. The zero-order valence-corrected chi connectivity index (χ0v) is 16.3. The number of carbonyl (C=O) groups is 1. The van der Waals surface area contributed by atoms with Gasteiger partial charge in [0.1, 0.15) is 0 Å². The second kappa shape index (κ2) is 8.50. The van der Waals surface area contributed by atoms with Gasteiger partial charge in [0.25, 0.3) is 0 Å². The number of aromatic nitrogens is 2. The molecule has 1 amide bonds. The van der Waals surface area contributed by atoms with Gasteiger partial charge in [-0.1, -0.05) is 12.1 Å². The number of nitrogens with one attached hydrogen (secondary N) is 2. The van der Waals surface area contributed by atoms with Crippen LogP contribution in [0.15, 0.2) is 29.1 Å². The van der Waals surface area contributed by atoms with E-state index >= 15 is 0 Å². The number of imidazole rings is 1. The van der Waals surface area contributed by atoms with Crippen molar-refractivity contribution in [2.45, 2.75) is 31.3 Å². The Bertz CT molecular complexity index is 807. The van der Waals surface area contributed by atoms with E-state index in [-0.39, 0.29) is 30.0 Å². The van der Waals surface area contributed by atoms with E-state index in [1.165, 1.54) is 0 Å². The van der Waals surface area contributed by atoms with Gasteiger partial charge in [-0.3, -0.25) is 9.36 Å². The average molecular weight is 397 g/mol. The second-order valence-corrected chi connectivity index (χ2v) is 8.01. The van der Waals surface area contributed by atoms with Crippen molar-refractivity contribution in [3.8, 4) is 0 Å². The van der Waals surface area contributed by atoms with E-state index in [9.17, 15) is 9.59 Å². The molecule has 26 heavy (non-hydrogen) atoms. The number of likely N-dealkylation sites (tertiary alicyclic amines) is 1. The van der Waals surface area contributed by atoms with Crippen LogP contribution >= 0.6 is 24.2 Å². The smallest absolute Gasteiger partial charge is 0.326 e. The number of para-hydroxylation sites is 2. The lowest BCUT2D eigenvalue weighted by molar-refractivity contribution is -0.132. The molecule has 1 atom stereocenters. The first-order chi connectivity index (χ1) is 12.2. The van der Waals surface area contributed by atoms with Crippen LogP contribution in [0, 0.1) is 0 Å². The number of amides is 1. The molecule has 2 saturated heterocycles. The molecule has 1 aromatic carbocycles. The van der Waals surface area contributed by atoms with Gasteiger partial charge in [-0.15, -0.1) is 12.4 Å². The highest BCUT2D eigenvalue weighted by Gasteiger charge is 2.27. The normalized spacial score (nSPS) is 21.5. The number of thioether (sulfide) groups is 1. The SMILES string of the molecule is Cl.O=C(CC1CSCCN1)N1CCC(n2c(=O)[nH]c3ccccc32)CC1. The van der Waals surface area contributed by atoms with Gasteiger partial charge in [-0.05, 0) is 25.0 Å². The van der Waals surface area contributed by atoms with Crippen molar-refractivity contribution >= 4 is 41.1 Å². The van der Waals surface area contributed by atoms with E-state index in [0.29, 0.717) is 12.5 Å². The van der Waals surface area contributed by atoms with Gasteiger partial charge in [0.05, 0.1) is 11.0 Å². The highest BCUT2D eigenvalue weighted by Crippen LogP contribution is 2.25. The molecule has 8 heteroatoms. The van der Waals surface area contributed by atoms with Crippen molar-refractivity contribution in [1.82, 2.24) is 19.8 Å². The molecule has 2 aliphatic rings. The molecule has 0 saturated carbocycles. The predicted molar refractivity (Wildman–Crippen MR) is 108 cm³/mol. The lowest BCUT2D eigenvalue weighted by atomic mass is 10.0. The molecule has 0 bridgehead atoms. The summed E-state index contributed by atoms with van der Waals surface area (Å²) in [5.41, 5.74) is 1.79. The van der Waals surface area contributed by atoms with E-state index in [4.69, 9.17) is 0 Å². The number of rotatable bonds is 3. The van der Waals surface area contributed by atoms with Crippen LogP contribution in [0.5, 0.6) is 0 Å². The maximum atomic E-state index is 12.5. The van der Waals surface area contributed by atoms with Crippen LogP contribution in [-0.4, -0.2) is 57.5 Å². The molecule has 3 heterocycles. The minimum Gasteiger partial charge on any atom is -0.342 e. The van der Waals surface area contributed by atoms with Gasteiger partial charge in [-0.2, -0.15) is 11.8 Å². The Morgan fingerprint density at radius 3 is 2.73 bits per heavy atom. The monoisotopic (exact) mass is 396 g/mol. The van der Waals surface area contributed by atoms with Gasteiger partial charge < -0.3 is 15.2 Å². The standard InChI is InChI=1S/C18H24N4O2S.ClH/c23-17(11-13-12-25-10-7-19-13)21-8-5-14(6-9-21)22-16-4-2-1-3-15(16)20-18(22)24;/h1-4,13-14,19H,5-12H2,(H,20,24);1H. The Balaban J connectivity index is 0.00000196. The Hall–Kier alpha value is -1.44. The molecule has 0 aliphatic carbocycles. The maximum absolute atomic E-state index is 12.5. The molecule has 142 valence electrons. The maximum Gasteiger partial charge on any atom is 0.326 e. The van der Waals surface area contributed by atoms with E-state index in [1.807, 2.05) is 45.5 Å². The Morgan fingerprint density at radius 1 is 1.23 bits per heavy atom. The molecule has 0 spiro atoms. The first-order valence-electron chi connectivity index (χ1n) is 9.00. The predicted octanol–water partition coefficient (Wildman–Crippen LogP) is 2.01. The van der Waals surface area contributed by atoms with Crippen molar-refractivity contribution < 1.29 is 4.79 Å². The average Bonchev–Trinajstić information content (AvgIpc) is 2.98. The molecule has 1 aromatic heterocycles. The summed E-state index contributed by atoms with van der Waals surface area (Å²) in [6.45, 7) is 2.46. The van der Waals surface area contributed by atoms with Crippen LogP contribution in [0.1, 0.15) is 25.3 Å². The van der Waals surface area contributed by atoms with Crippen LogP contribution in [0.2, 0.25) is 0 Å². The van der Waals surface area contributed by atoms with Crippen molar-refractivity contribution in [2.75, 3.05) is 31.1 Å². The first kappa shape index (κ1) is 19.3. The number of hydrogen-bond acceptors (Lipinski definition) is 4. The second-order valence-electron chi connectivity index (χ2n) is 6.86. The first-order valence-corrected chi connectivity index (χ1v) is 10.2. The molecule has 2 aromatic rings. The number of H-pyrrole nitrogens is 1. The highest BCUT2D eigenvalue weighted by atomic mass is 35.5. The molecule has 4 rings (SSSR count). The van der Waals surface area contributed by atoms with Crippen molar-refractivity contribution in [3.05, 3.63) is 34.7 Å².